The van der Waals surface area contributed by atoms with E-state index in [2.05, 4.69) is 5.32 Å². The molecule has 0 aliphatic rings. The van der Waals surface area contributed by atoms with E-state index >= 15 is 0 Å². The quantitative estimate of drug-likeness (QED) is 0.316. The molecule has 0 saturated heterocycles. The second kappa shape index (κ2) is 10.3. The van der Waals surface area contributed by atoms with Crippen molar-refractivity contribution in [3.63, 3.8) is 0 Å². The van der Waals surface area contributed by atoms with Gasteiger partial charge in [-0.15, -0.1) is 11.3 Å². The molecular weight excluding hydrogens is 446 g/mol. The highest BCUT2D eigenvalue weighted by molar-refractivity contribution is 7.12. The summed E-state index contributed by atoms with van der Waals surface area (Å²) >= 11 is 1.32. The summed E-state index contributed by atoms with van der Waals surface area (Å²) in [5.74, 6) is -2.03. The number of carbonyl (C=O) groups excluding carboxylic acids is 2. The van der Waals surface area contributed by atoms with Gasteiger partial charge in [-0.1, -0.05) is 78.9 Å². The first-order chi connectivity index (χ1) is 16.4. The summed E-state index contributed by atoms with van der Waals surface area (Å²) in [7, 11) is 0. The summed E-state index contributed by atoms with van der Waals surface area (Å²) in [6, 6.07) is 26.2. The molecule has 1 heterocycles. The lowest BCUT2D eigenvalue weighted by Gasteiger charge is -2.13. The number of carboxylic acid groups (broad SMARTS) is 1. The zero-order chi connectivity index (χ0) is 24.1. The maximum Gasteiger partial charge on any atom is 0.312 e. The summed E-state index contributed by atoms with van der Waals surface area (Å²) < 4.78 is 0. The second-order valence-electron chi connectivity index (χ2n) is 7.92. The lowest BCUT2D eigenvalue weighted by molar-refractivity contribution is -0.138. The number of hydrogen-bond donors (Lipinski definition) is 2. The molecule has 4 aromatic rings. The van der Waals surface area contributed by atoms with Gasteiger partial charge in [0.1, 0.15) is 0 Å². The van der Waals surface area contributed by atoms with Crippen LogP contribution in [0.15, 0.2) is 90.3 Å². The highest BCUT2D eigenvalue weighted by Crippen LogP contribution is 2.29. The molecule has 1 atom stereocenters. The molecule has 6 heteroatoms. The number of thiophene rings is 1. The topological polar surface area (TPSA) is 83.5 Å². The fourth-order valence-electron chi connectivity index (χ4n) is 3.67. The Kier molecular flexibility index (Phi) is 6.99. The minimum Gasteiger partial charge on any atom is -0.481 e. The summed E-state index contributed by atoms with van der Waals surface area (Å²) in [6.45, 7) is 1.56. The van der Waals surface area contributed by atoms with Crippen LogP contribution in [0.2, 0.25) is 0 Å². The van der Waals surface area contributed by atoms with Gasteiger partial charge in [-0.25, -0.2) is 0 Å². The molecule has 0 bridgehead atoms. The number of ketones is 1. The van der Waals surface area contributed by atoms with Crippen molar-refractivity contribution in [1.29, 1.82) is 0 Å². The van der Waals surface area contributed by atoms with E-state index in [-0.39, 0.29) is 18.2 Å². The van der Waals surface area contributed by atoms with Gasteiger partial charge in [-0.3, -0.25) is 14.4 Å². The van der Waals surface area contributed by atoms with Crippen LogP contribution in [0.4, 0.5) is 0 Å². The fourth-order valence-corrected chi connectivity index (χ4v) is 4.51. The van der Waals surface area contributed by atoms with E-state index in [0.29, 0.717) is 16.0 Å². The smallest absolute Gasteiger partial charge is 0.312 e. The predicted molar refractivity (Wildman–Crippen MR) is 134 cm³/mol. The molecule has 170 valence electrons. The van der Waals surface area contributed by atoms with Crippen LogP contribution < -0.4 is 5.32 Å². The van der Waals surface area contributed by atoms with Crippen LogP contribution in [0.5, 0.6) is 0 Å². The number of carbonyl (C=O) groups is 3. The molecule has 34 heavy (non-hydrogen) atoms. The standard InChI is InChI=1S/C28H23NO4S/c1-18(30)19-7-9-20(10-8-19)21-11-13-22(14-12-21)24-15-26(34-17-24)27(31)29-16-25(28(32)33)23-5-3-2-4-6-23/h2-15,17,25H,16H2,1H3,(H,29,31)(H,32,33)/t25-/m0/s1. The van der Waals surface area contributed by atoms with Gasteiger partial charge in [0, 0.05) is 12.1 Å². The van der Waals surface area contributed by atoms with Crippen LogP contribution in [-0.2, 0) is 4.79 Å². The van der Waals surface area contributed by atoms with Crippen molar-refractivity contribution in [2.24, 2.45) is 0 Å². The lowest BCUT2D eigenvalue weighted by Crippen LogP contribution is -2.31. The molecule has 0 fully saturated rings. The Labute approximate surface area is 201 Å². The van der Waals surface area contributed by atoms with Gasteiger partial charge in [0.05, 0.1) is 10.8 Å². The van der Waals surface area contributed by atoms with Crippen LogP contribution in [0.25, 0.3) is 22.3 Å². The summed E-state index contributed by atoms with van der Waals surface area (Å²) in [6.07, 6.45) is 0. The monoisotopic (exact) mass is 469 g/mol. The van der Waals surface area contributed by atoms with Gasteiger partial charge in [-0.05, 0) is 46.2 Å². The molecule has 1 amide bonds. The third kappa shape index (κ3) is 5.30. The molecule has 0 aliphatic carbocycles. The molecular formula is C28H23NO4S. The molecule has 1 aromatic heterocycles. The first-order valence-electron chi connectivity index (χ1n) is 10.8. The number of rotatable bonds is 8. The molecule has 0 unspecified atom stereocenters. The Hall–Kier alpha value is -4.03. The van der Waals surface area contributed by atoms with Crippen molar-refractivity contribution in [3.05, 3.63) is 106 Å². The summed E-state index contributed by atoms with van der Waals surface area (Å²) in [5.41, 5.74) is 5.29. The fraction of sp³-hybridized carbons (Fsp3) is 0.107. The average Bonchev–Trinajstić information content (AvgIpc) is 3.35. The Morgan fingerprint density at radius 2 is 1.38 bits per heavy atom. The zero-order valence-corrected chi connectivity index (χ0v) is 19.3. The Morgan fingerprint density at radius 3 is 1.94 bits per heavy atom. The first-order valence-corrected chi connectivity index (χ1v) is 11.7. The van der Waals surface area contributed by atoms with Gasteiger partial charge >= 0.3 is 5.97 Å². The highest BCUT2D eigenvalue weighted by Gasteiger charge is 2.21. The molecule has 0 saturated carbocycles. The highest BCUT2D eigenvalue weighted by atomic mass is 32.1. The van der Waals surface area contributed by atoms with Crippen molar-refractivity contribution in [3.8, 4) is 22.3 Å². The number of carboxylic acids is 1. The van der Waals surface area contributed by atoms with E-state index in [4.69, 9.17) is 0 Å². The molecule has 3 aromatic carbocycles. The predicted octanol–water partition coefficient (Wildman–Crippen LogP) is 5.88. The second-order valence-corrected chi connectivity index (χ2v) is 8.83. The Bertz CT molecular complexity index is 1310. The van der Waals surface area contributed by atoms with E-state index in [1.807, 2.05) is 66.0 Å². The molecule has 0 aliphatic heterocycles. The van der Waals surface area contributed by atoms with Gasteiger partial charge in [0.2, 0.25) is 0 Å². The van der Waals surface area contributed by atoms with E-state index in [1.165, 1.54) is 11.3 Å². The Balaban J connectivity index is 1.43. The number of hydrogen-bond acceptors (Lipinski definition) is 4. The van der Waals surface area contributed by atoms with Crippen molar-refractivity contribution < 1.29 is 19.5 Å². The SMILES string of the molecule is CC(=O)c1ccc(-c2ccc(-c3csc(C(=O)NC[C@H](C(=O)O)c4ccccc4)c3)cc2)cc1. The van der Waals surface area contributed by atoms with E-state index in [1.54, 1.807) is 31.2 Å². The molecule has 0 spiro atoms. The van der Waals surface area contributed by atoms with E-state index < -0.39 is 11.9 Å². The average molecular weight is 470 g/mol. The van der Waals surface area contributed by atoms with Gasteiger partial charge in [-0.2, -0.15) is 0 Å². The van der Waals surface area contributed by atoms with Gasteiger partial charge in [0.15, 0.2) is 5.78 Å². The molecule has 2 N–H and O–H groups in total. The van der Waals surface area contributed by atoms with E-state index in [0.717, 1.165) is 22.3 Å². The first kappa shape index (κ1) is 23.1. The van der Waals surface area contributed by atoms with Crippen molar-refractivity contribution in [2.45, 2.75) is 12.8 Å². The molecule has 5 nitrogen and oxygen atoms in total. The van der Waals surface area contributed by atoms with Crippen molar-refractivity contribution in [2.75, 3.05) is 6.54 Å². The summed E-state index contributed by atoms with van der Waals surface area (Å²) in [4.78, 5) is 36.3. The van der Waals surface area contributed by atoms with Crippen LogP contribution in [-0.4, -0.2) is 29.3 Å². The normalized spacial score (nSPS) is 11.6. The largest absolute Gasteiger partial charge is 0.481 e. The number of amides is 1. The van der Waals surface area contributed by atoms with Crippen molar-refractivity contribution in [1.82, 2.24) is 5.32 Å². The van der Waals surface area contributed by atoms with Crippen molar-refractivity contribution >= 4 is 29.0 Å². The molecule has 4 rings (SSSR count). The Morgan fingerprint density at radius 1 is 0.824 bits per heavy atom. The third-order valence-electron chi connectivity index (χ3n) is 5.63. The number of benzene rings is 3. The third-order valence-corrected chi connectivity index (χ3v) is 6.56. The molecule has 0 radical (unpaired) electrons. The lowest BCUT2D eigenvalue weighted by atomic mass is 9.99. The number of Topliss-reactive ketones (excluding diaryl/α,β-unsaturated/α-hetero) is 1. The number of nitrogens with one attached hydrogen (secondary N) is 1. The van der Waals surface area contributed by atoms with E-state index in [9.17, 15) is 19.5 Å². The van der Waals surface area contributed by atoms with Crippen LogP contribution in [0.1, 0.15) is 38.4 Å². The maximum absolute atomic E-state index is 12.6. The van der Waals surface area contributed by atoms with Gasteiger partial charge < -0.3 is 10.4 Å². The number of aliphatic carboxylic acids is 1. The van der Waals surface area contributed by atoms with Crippen LogP contribution >= 0.6 is 11.3 Å². The zero-order valence-electron chi connectivity index (χ0n) is 18.5. The van der Waals surface area contributed by atoms with Crippen LogP contribution in [0.3, 0.4) is 0 Å². The minimum atomic E-state index is -0.977. The van der Waals surface area contributed by atoms with Gasteiger partial charge in [0.25, 0.3) is 5.91 Å². The maximum atomic E-state index is 12.6. The van der Waals surface area contributed by atoms with Crippen LogP contribution in [0, 0.1) is 0 Å². The minimum absolute atomic E-state index is 0.0164. The summed E-state index contributed by atoms with van der Waals surface area (Å²) in [5, 5.41) is 14.2.